The quantitative estimate of drug-likeness (QED) is 0.881. The van der Waals surface area contributed by atoms with E-state index in [0.717, 1.165) is 0 Å². The van der Waals surface area contributed by atoms with Gasteiger partial charge < -0.3 is 5.73 Å². The van der Waals surface area contributed by atoms with Crippen LogP contribution < -0.4 is 10.5 Å². The van der Waals surface area contributed by atoms with Gasteiger partial charge in [0.15, 0.2) is 0 Å². The lowest BCUT2D eigenvalue weighted by Gasteiger charge is -2.27. The zero-order valence-electron chi connectivity index (χ0n) is 14.6. The summed E-state index contributed by atoms with van der Waals surface area (Å²) in [5, 5.41) is 0. The van der Waals surface area contributed by atoms with Crippen LogP contribution in [0.4, 0.5) is 0 Å². The molecular formula is C17H30N2O3S. The van der Waals surface area contributed by atoms with E-state index in [1.54, 1.807) is 30.3 Å². The molecule has 3 N–H and O–H groups in total. The third-order valence-electron chi connectivity index (χ3n) is 3.50. The van der Waals surface area contributed by atoms with Crippen LogP contribution in [0.2, 0.25) is 0 Å². The molecule has 0 saturated heterocycles. The van der Waals surface area contributed by atoms with Crippen molar-refractivity contribution in [1.29, 1.82) is 0 Å². The molecule has 1 aliphatic carbocycles. The highest BCUT2D eigenvalue weighted by Gasteiger charge is 2.27. The minimum absolute atomic E-state index is 0.110. The standard InChI is InChI=1S/C13H18N2O3S.2C2H6/c14-13(16)10-6-8-11(9-7-10)15-19(17,18)12-4-2-1-3-5-12;2*1-2/h1-5,10-11,15H,6-9H2,(H2,14,16);2*1-2H3. The van der Waals surface area contributed by atoms with E-state index in [-0.39, 0.29) is 22.8 Å². The van der Waals surface area contributed by atoms with Crippen molar-refractivity contribution in [3.05, 3.63) is 30.3 Å². The van der Waals surface area contributed by atoms with E-state index in [9.17, 15) is 13.2 Å². The minimum atomic E-state index is -3.46. The lowest BCUT2D eigenvalue weighted by molar-refractivity contribution is -0.122. The Morgan fingerprint density at radius 2 is 1.48 bits per heavy atom. The van der Waals surface area contributed by atoms with Crippen LogP contribution in [0.1, 0.15) is 53.4 Å². The van der Waals surface area contributed by atoms with Gasteiger partial charge in [0, 0.05) is 12.0 Å². The van der Waals surface area contributed by atoms with Crippen LogP contribution in [-0.2, 0) is 14.8 Å². The summed E-state index contributed by atoms with van der Waals surface area (Å²) < 4.78 is 26.9. The van der Waals surface area contributed by atoms with Gasteiger partial charge in [0.1, 0.15) is 0 Å². The average Bonchev–Trinajstić information content (AvgIpc) is 2.59. The predicted octanol–water partition coefficient (Wildman–Crippen LogP) is 3.06. The third-order valence-corrected chi connectivity index (χ3v) is 5.04. The third kappa shape index (κ3) is 7.14. The number of hydrogen-bond donors (Lipinski definition) is 2. The Kier molecular flexibility index (Phi) is 10.5. The monoisotopic (exact) mass is 342 g/mol. The second-order valence-corrected chi connectivity index (χ2v) is 6.60. The van der Waals surface area contributed by atoms with Gasteiger partial charge in [0.05, 0.1) is 4.90 Å². The molecule has 0 radical (unpaired) electrons. The number of carbonyl (C=O) groups is 1. The van der Waals surface area contributed by atoms with Gasteiger partial charge in [-0.15, -0.1) is 0 Å². The lowest BCUT2D eigenvalue weighted by atomic mass is 9.86. The predicted molar refractivity (Wildman–Crippen MR) is 94.4 cm³/mol. The molecule has 1 amide bonds. The van der Waals surface area contributed by atoms with Crippen molar-refractivity contribution in [2.24, 2.45) is 11.7 Å². The number of rotatable bonds is 4. The summed E-state index contributed by atoms with van der Waals surface area (Å²) >= 11 is 0. The van der Waals surface area contributed by atoms with Crippen LogP contribution in [0, 0.1) is 5.92 Å². The van der Waals surface area contributed by atoms with Crippen LogP contribution in [0.25, 0.3) is 0 Å². The molecule has 1 fully saturated rings. The van der Waals surface area contributed by atoms with Crippen LogP contribution in [0.5, 0.6) is 0 Å². The number of nitrogens with one attached hydrogen (secondary N) is 1. The summed E-state index contributed by atoms with van der Waals surface area (Å²) in [5.41, 5.74) is 5.25. The number of hydrogen-bond acceptors (Lipinski definition) is 3. The lowest BCUT2D eigenvalue weighted by Crippen LogP contribution is -2.39. The number of primary amides is 1. The molecule has 6 heteroatoms. The maximum absolute atomic E-state index is 12.1. The Balaban J connectivity index is 0.00000112. The summed E-state index contributed by atoms with van der Waals surface area (Å²) in [5.74, 6) is -0.401. The van der Waals surface area contributed by atoms with E-state index in [4.69, 9.17) is 5.73 Å². The first-order valence-electron chi connectivity index (χ1n) is 8.36. The molecule has 0 spiro atoms. The fourth-order valence-electron chi connectivity index (χ4n) is 2.38. The molecule has 0 atom stereocenters. The Morgan fingerprint density at radius 3 is 1.91 bits per heavy atom. The van der Waals surface area contributed by atoms with Crippen molar-refractivity contribution in [3.8, 4) is 0 Å². The highest BCUT2D eigenvalue weighted by molar-refractivity contribution is 7.89. The van der Waals surface area contributed by atoms with Crippen molar-refractivity contribution in [3.63, 3.8) is 0 Å². The van der Waals surface area contributed by atoms with E-state index < -0.39 is 10.0 Å². The summed E-state index contributed by atoms with van der Waals surface area (Å²) in [6, 6.07) is 8.18. The molecule has 0 bridgehead atoms. The van der Waals surface area contributed by atoms with Gasteiger partial charge >= 0.3 is 0 Å². The molecule has 132 valence electrons. The second-order valence-electron chi connectivity index (χ2n) is 4.89. The molecule has 0 aromatic heterocycles. The molecule has 1 aromatic carbocycles. The summed E-state index contributed by atoms with van der Waals surface area (Å²) in [7, 11) is -3.46. The Morgan fingerprint density at radius 1 is 1.00 bits per heavy atom. The molecule has 0 aliphatic heterocycles. The van der Waals surface area contributed by atoms with Crippen LogP contribution in [0.15, 0.2) is 35.2 Å². The molecule has 0 unspecified atom stereocenters. The van der Waals surface area contributed by atoms with Crippen LogP contribution in [0.3, 0.4) is 0 Å². The normalized spacial score (nSPS) is 20.3. The van der Waals surface area contributed by atoms with Gasteiger partial charge in [-0.25, -0.2) is 13.1 Å². The van der Waals surface area contributed by atoms with Crippen molar-refractivity contribution in [2.75, 3.05) is 0 Å². The van der Waals surface area contributed by atoms with Gasteiger partial charge in [0.2, 0.25) is 15.9 Å². The SMILES string of the molecule is CC.CC.NC(=O)C1CCC(NS(=O)(=O)c2ccccc2)CC1. The van der Waals surface area contributed by atoms with E-state index in [2.05, 4.69) is 4.72 Å². The number of benzene rings is 1. The highest BCUT2D eigenvalue weighted by Crippen LogP contribution is 2.25. The summed E-state index contributed by atoms with van der Waals surface area (Å²) in [6.45, 7) is 8.00. The van der Waals surface area contributed by atoms with Crippen molar-refractivity contribution < 1.29 is 13.2 Å². The van der Waals surface area contributed by atoms with Crippen molar-refractivity contribution in [2.45, 2.75) is 64.3 Å². The molecule has 1 aromatic rings. The zero-order valence-corrected chi connectivity index (χ0v) is 15.4. The van der Waals surface area contributed by atoms with E-state index in [0.29, 0.717) is 25.7 Å². The Bertz CT molecular complexity index is 536. The molecular weight excluding hydrogens is 312 g/mol. The van der Waals surface area contributed by atoms with E-state index >= 15 is 0 Å². The van der Waals surface area contributed by atoms with Crippen molar-refractivity contribution >= 4 is 15.9 Å². The first kappa shape index (κ1) is 21.6. The van der Waals surface area contributed by atoms with Gasteiger partial charge in [-0.05, 0) is 37.8 Å². The summed E-state index contributed by atoms with van der Waals surface area (Å²) in [4.78, 5) is 11.3. The molecule has 1 aliphatic rings. The number of nitrogens with two attached hydrogens (primary N) is 1. The first-order chi connectivity index (χ1) is 11.0. The van der Waals surface area contributed by atoms with Crippen molar-refractivity contribution in [1.82, 2.24) is 4.72 Å². The molecule has 23 heavy (non-hydrogen) atoms. The second kappa shape index (κ2) is 11.2. The maximum Gasteiger partial charge on any atom is 0.240 e. The average molecular weight is 343 g/mol. The Labute approximate surface area is 140 Å². The van der Waals surface area contributed by atoms with Gasteiger partial charge in [-0.1, -0.05) is 45.9 Å². The van der Waals surface area contributed by atoms with Gasteiger partial charge in [-0.3, -0.25) is 4.79 Å². The smallest absolute Gasteiger partial charge is 0.240 e. The van der Waals surface area contributed by atoms with Crippen LogP contribution >= 0.6 is 0 Å². The van der Waals surface area contributed by atoms with Gasteiger partial charge in [0.25, 0.3) is 0 Å². The number of amides is 1. The van der Waals surface area contributed by atoms with E-state index in [1.165, 1.54) is 0 Å². The minimum Gasteiger partial charge on any atom is -0.369 e. The molecule has 5 nitrogen and oxygen atoms in total. The first-order valence-corrected chi connectivity index (χ1v) is 9.84. The largest absolute Gasteiger partial charge is 0.369 e. The highest BCUT2D eigenvalue weighted by atomic mass is 32.2. The zero-order chi connectivity index (χ0) is 17.9. The fourth-order valence-corrected chi connectivity index (χ4v) is 3.71. The molecule has 1 saturated carbocycles. The Hall–Kier alpha value is -1.40. The number of sulfonamides is 1. The number of carbonyl (C=O) groups excluding carboxylic acids is 1. The maximum atomic E-state index is 12.1. The van der Waals surface area contributed by atoms with Crippen LogP contribution in [-0.4, -0.2) is 20.4 Å². The fraction of sp³-hybridized carbons (Fsp3) is 0.588. The van der Waals surface area contributed by atoms with Gasteiger partial charge in [-0.2, -0.15) is 0 Å². The van der Waals surface area contributed by atoms with E-state index in [1.807, 2.05) is 27.7 Å². The summed E-state index contributed by atoms with van der Waals surface area (Å²) in [6.07, 6.45) is 2.61. The topological polar surface area (TPSA) is 89.3 Å². The molecule has 0 heterocycles. The molecule has 2 rings (SSSR count).